The van der Waals surface area contributed by atoms with Crippen LogP contribution in [0.4, 0.5) is 5.69 Å². The number of carbonyl (C=O) groups excluding carboxylic acids is 2. The summed E-state index contributed by atoms with van der Waals surface area (Å²) in [4.78, 5) is 27.3. The lowest BCUT2D eigenvalue weighted by atomic mass is 10.1. The maximum atomic E-state index is 13.0. The number of anilines is 1. The third kappa shape index (κ3) is 4.99. The van der Waals surface area contributed by atoms with Crippen LogP contribution in [0.3, 0.4) is 0 Å². The minimum atomic E-state index is -0.199. The normalized spacial score (nSPS) is 12.0. The fourth-order valence-electron chi connectivity index (χ4n) is 3.07. The monoisotopic (exact) mass is 425 g/mol. The fourth-order valence-corrected chi connectivity index (χ4v) is 3.88. The zero-order valence-corrected chi connectivity index (χ0v) is 18.6. The number of aryl methyl sites for hydroxylation is 1. The number of hydrogen-bond acceptors (Lipinski definition) is 5. The van der Waals surface area contributed by atoms with Crippen LogP contribution in [0.1, 0.15) is 31.4 Å². The first-order valence-electron chi connectivity index (χ1n) is 9.98. The van der Waals surface area contributed by atoms with Gasteiger partial charge in [0.2, 0.25) is 11.8 Å². The molecule has 0 bridgehead atoms. The molecule has 3 rings (SSSR count). The number of nitrogens with one attached hydrogen (secondary N) is 1. The molecule has 30 heavy (non-hydrogen) atoms. The molecule has 1 aromatic carbocycles. The topological polar surface area (TPSA) is 79.6 Å². The second-order valence-corrected chi connectivity index (χ2v) is 8.22. The Morgan fingerprint density at radius 1 is 1.17 bits per heavy atom. The van der Waals surface area contributed by atoms with Crippen molar-refractivity contribution in [1.29, 1.82) is 0 Å². The maximum Gasteiger partial charge on any atom is 0.244 e. The van der Waals surface area contributed by atoms with E-state index in [1.807, 2.05) is 74.7 Å². The number of rotatable bonds is 8. The molecule has 1 N–H and O–H groups in total. The highest BCUT2D eigenvalue weighted by atomic mass is 32.2. The number of pyridine rings is 1. The lowest BCUT2D eigenvalue weighted by molar-refractivity contribution is -0.134. The average Bonchev–Trinajstić information content (AvgIpc) is 3.16. The van der Waals surface area contributed by atoms with Crippen molar-refractivity contribution in [3.8, 4) is 0 Å². The molecule has 0 radical (unpaired) electrons. The van der Waals surface area contributed by atoms with Gasteiger partial charge in [0, 0.05) is 17.9 Å². The van der Waals surface area contributed by atoms with Gasteiger partial charge in [-0.05, 0) is 56.5 Å². The van der Waals surface area contributed by atoms with E-state index >= 15 is 0 Å². The quantitative estimate of drug-likeness (QED) is 0.557. The van der Waals surface area contributed by atoms with E-state index in [1.54, 1.807) is 4.90 Å². The second kappa shape index (κ2) is 9.75. The molecule has 1 atom stereocenters. The van der Waals surface area contributed by atoms with E-state index in [1.165, 1.54) is 11.8 Å². The molecule has 2 heterocycles. The maximum absolute atomic E-state index is 13.0. The third-order valence-electron chi connectivity index (χ3n) is 5.24. The van der Waals surface area contributed by atoms with Crippen molar-refractivity contribution in [1.82, 2.24) is 19.5 Å². The molecule has 0 unspecified atom stereocenters. The summed E-state index contributed by atoms with van der Waals surface area (Å²) in [5, 5.41) is 11.9. The Bertz CT molecular complexity index is 1050. The summed E-state index contributed by atoms with van der Waals surface area (Å²) in [5.41, 5.74) is 3.65. The van der Waals surface area contributed by atoms with E-state index in [4.69, 9.17) is 0 Å². The zero-order valence-electron chi connectivity index (χ0n) is 17.8. The Hall–Kier alpha value is -2.87. The number of thioether (sulfide) groups is 1. The lowest BCUT2D eigenvalue weighted by Gasteiger charge is -2.28. The number of benzene rings is 1. The molecule has 2 aromatic heterocycles. The van der Waals surface area contributed by atoms with Crippen LogP contribution in [0.5, 0.6) is 0 Å². The van der Waals surface area contributed by atoms with Gasteiger partial charge in [0.05, 0.1) is 5.75 Å². The van der Waals surface area contributed by atoms with Crippen molar-refractivity contribution in [2.24, 2.45) is 0 Å². The van der Waals surface area contributed by atoms with Crippen molar-refractivity contribution in [3.63, 3.8) is 0 Å². The molecule has 0 spiro atoms. The van der Waals surface area contributed by atoms with Gasteiger partial charge in [-0.15, -0.1) is 10.2 Å². The molecule has 0 aliphatic heterocycles. The summed E-state index contributed by atoms with van der Waals surface area (Å²) in [6.45, 7) is 7.96. The first kappa shape index (κ1) is 21.8. The standard InChI is InChI=1S/C22H27N5O2S/c1-5-16(3)27(13-20(28)23-18-10-8-9-15(2)17(18)4)21(29)14-30-22-25-24-19-11-6-7-12-26(19)22/h6-12,16H,5,13-14H2,1-4H3,(H,23,28)/t16-/m1/s1. The number of carbonyl (C=O) groups is 2. The van der Waals surface area contributed by atoms with Gasteiger partial charge in [0.15, 0.2) is 10.8 Å². The van der Waals surface area contributed by atoms with Gasteiger partial charge in [-0.1, -0.05) is 36.9 Å². The molecule has 3 aromatic rings. The Morgan fingerprint density at radius 2 is 1.97 bits per heavy atom. The number of aromatic nitrogens is 3. The lowest BCUT2D eigenvalue weighted by Crippen LogP contribution is -2.44. The number of hydrogen-bond donors (Lipinski definition) is 1. The highest BCUT2D eigenvalue weighted by Crippen LogP contribution is 2.20. The molecule has 2 amide bonds. The Labute approximate surface area is 180 Å². The SMILES string of the molecule is CC[C@@H](C)N(CC(=O)Nc1cccc(C)c1C)C(=O)CSc1nnc2ccccn12. The molecule has 0 saturated heterocycles. The van der Waals surface area contributed by atoms with Crippen LogP contribution in [-0.2, 0) is 9.59 Å². The van der Waals surface area contributed by atoms with Crippen molar-refractivity contribution in [2.75, 3.05) is 17.6 Å². The molecular formula is C22H27N5O2S. The van der Waals surface area contributed by atoms with Crippen LogP contribution in [0, 0.1) is 13.8 Å². The van der Waals surface area contributed by atoms with Gasteiger partial charge < -0.3 is 10.2 Å². The summed E-state index contributed by atoms with van der Waals surface area (Å²) in [6, 6.07) is 11.4. The van der Waals surface area contributed by atoms with E-state index in [0.29, 0.717) is 5.16 Å². The first-order valence-corrected chi connectivity index (χ1v) is 11.0. The van der Waals surface area contributed by atoms with E-state index in [-0.39, 0.29) is 30.2 Å². The Morgan fingerprint density at radius 3 is 2.73 bits per heavy atom. The van der Waals surface area contributed by atoms with Crippen LogP contribution < -0.4 is 5.32 Å². The largest absolute Gasteiger partial charge is 0.330 e. The van der Waals surface area contributed by atoms with E-state index in [9.17, 15) is 9.59 Å². The van der Waals surface area contributed by atoms with Gasteiger partial charge in [0.25, 0.3) is 0 Å². The number of amides is 2. The summed E-state index contributed by atoms with van der Waals surface area (Å²) in [7, 11) is 0. The molecule has 0 saturated carbocycles. The molecule has 158 valence electrons. The third-order valence-corrected chi connectivity index (χ3v) is 6.17. The van der Waals surface area contributed by atoms with Crippen molar-refractivity contribution >= 4 is 34.9 Å². The van der Waals surface area contributed by atoms with E-state index < -0.39 is 0 Å². The molecular weight excluding hydrogens is 398 g/mol. The minimum absolute atomic E-state index is 0.0162. The summed E-state index contributed by atoms with van der Waals surface area (Å²) in [6.07, 6.45) is 2.63. The van der Waals surface area contributed by atoms with Crippen LogP contribution in [0.2, 0.25) is 0 Å². The number of nitrogens with zero attached hydrogens (tertiary/aromatic N) is 4. The summed E-state index contributed by atoms with van der Waals surface area (Å²) in [5.74, 6) is -0.107. The van der Waals surface area contributed by atoms with Crippen LogP contribution in [0.25, 0.3) is 5.65 Å². The smallest absolute Gasteiger partial charge is 0.244 e. The van der Waals surface area contributed by atoms with Crippen molar-refractivity contribution in [3.05, 3.63) is 53.7 Å². The van der Waals surface area contributed by atoms with E-state index in [0.717, 1.165) is 28.9 Å². The highest BCUT2D eigenvalue weighted by Gasteiger charge is 2.23. The average molecular weight is 426 g/mol. The minimum Gasteiger partial charge on any atom is -0.330 e. The van der Waals surface area contributed by atoms with Gasteiger partial charge in [0.1, 0.15) is 6.54 Å². The van der Waals surface area contributed by atoms with Crippen molar-refractivity contribution in [2.45, 2.75) is 45.3 Å². The Kier molecular flexibility index (Phi) is 7.10. The fraction of sp³-hybridized carbons (Fsp3) is 0.364. The van der Waals surface area contributed by atoms with E-state index in [2.05, 4.69) is 15.5 Å². The molecule has 0 fully saturated rings. The molecule has 0 aliphatic rings. The van der Waals surface area contributed by atoms with Crippen LogP contribution >= 0.6 is 11.8 Å². The van der Waals surface area contributed by atoms with Gasteiger partial charge in [-0.25, -0.2) is 0 Å². The molecule has 0 aliphatic carbocycles. The Balaban J connectivity index is 1.66. The van der Waals surface area contributed by atoms with Gasteiger partial charge >= 0.3 is 0 Å². The summed E-state index contributed by atoms with van der Waals surface area (Å²) < 4.78 is 1.85. The number of fused-ring (bicyclic) bond motifs is 1. The molecule has 7 nitrogen and oxygen atoms in total. The van der Waals surface area contributed by atoms with Gasteiger partial charge in [-0.3, -0.25) is 14.0 Å². The second-order valence-electron chi connectivity index (χ2n) is 7.27. The van der Waals surface area contributed by atoms with Crippen LogP contribution in [-0.4, -0.2) is 49.7 Å². The predicted octanol–water partition coefficient (Wildman–Crippen LogP) is 3.70. The zero-order chi connectivity index (χ0) is 21.7. The predicted molar refractivity (Wildman–Crippen MR) is 120 cm³/mol. The van der Waals surface area contributed by atoms with Crippen LogP contribution in [0.15, 0.2) is 47.8 Å². The van der Waals surface area contributed by atoms with Gasteiger partial charge in [-0.2, -0.15) is 0 Å². The van der Waals surface area contributed by atoms with Crippen molar-refractivity contribution < 1.29 is 9.59 Å². The highest BCUT2D eigenvalue weighted by molar-refractivity contribution is 7.99. The summed E-state index contributed by atoms with van der Waals surface area (Å²) >= 11 is 1.32. The first-order chi connectivity index (χ1) is 14.4. The molecule has 8 heteroatoms.